The molecule has 0 radical (unpaired) electrons. The molecule has 1 aliphatic rings. The lowest BCUT2D eigenvalue weighted by Crippen LogP contribution is -2.37. The normalized spacial score (nSPS) is 16.4. The van der Waals surface area contributed by atoms with Crippen LogP contribution >= 0.6 is 11.6 Å². The summed E-state index contributed by atoms with van der Waals surface area (Å²) in [6.07, 6.45) is 0.166. The smallest absolute Gasteiger partial charge is 0.261 e. The number of benzene rings is 2. The van der Waals surface area contributed by atoms with E-state index in [0.717, 1.165) is 16.9 Å². The number of carbonyl (C=O) groups is 1. The summed E-state index contributed by atoms with van der Waals surface area (Å²) in [7, 11) is 0. The van der Waals surface area contributed by atoms with Crippen LogP contribution in [0.1, 0.15) is 11.1 Å². The molecule has 20 heavy (non-hydrogen) atoms. The number of ether oxygens (including phenoxy) is 1. The molecule has 0 spiro atoms. The average Bonchev–Trinajstić information content (AvgIpc) is 2.90. The fourth-order valence-corrected chi connectivity index (χ4v) is 2.47. The Morgan fingerprint density at radius 1 is 1.20 bits per heavy atom. The molecule has 102 valence electrons. The van der Waals surface area contributed by atoms with Gasteiger partial charge in [-0.05, 0) is 23.3 Å². The van der Waals surface area contributed by atoms with Gasteiger partial charge in [-0.3, -0.25) is 4.79 Å². The molecule has 4 heteroatoms. The van der Waals surface area contributed by atoms with Gasteiger partial charge in [-0.2, -0.15) is 0 Å². The van der Waals surface area contributed by atoms with Crippen molar-refractivity contribution in [1.82, 2.24) is 5.32 Å². The van der Waals surface area contributed by atoms with Crippen LogP contribution in [0.3, 0.4) is 0 Å². The second-order valence-corrected chi connectivity index (χ2v) is 5.13. The maximum atomic E-state index is 12.1. The molecule has 2 aromatic rings. The van der Waals surface area contributed by atoms with Gasteiger partial charge in [0.2, 0.25) is 0 Å². The van der Waals surface area contributed by atoms with Crippen LogP contribution in [0.15, 0.2) is 48.5 Å². The number of halogens is 1. The largest absolute Gasteiger partial charge is 0.480 e. The van der Waals surface area contributed by atoms with Gasteiger partial charge in [-0.15, -0.1) is 0 Å². The molecule has 0 saturated heterocycles. The third kappa shape index (κ3) is 2.63. The van der Waals surface area contributed by atoms with Crippen LogP contribution in [0.5, 0.6) is 5.75 Å². The number of carbonyl (C=O) groups excluding carboxylic acids is 1. The first-order chi connectivity index (χ1) is 9.74. The summed E-state index contributed by atoms with van der Waals surface area (Å²) in [5.41, 5.74) is 1.98. The summed E-state index contributed by atoms with van der Waals surface area (Å²) in [4.78, 5) is 12.1. The summed E-state index contributed by atoms with van der Waals surface area (Å²) in [6.45, 7) is 0.411. The van der Waals surface area contributed by atoms with E-state index in [9.17, 15) is 4.79 Å². The van der Waals surface area contributed by atoms with Crippen molar-refractivity contribution in [3.8, 4) is 5.75 Å². The molecule has 3 nitrogen and oxygen atoms in total. The molecule has 0 aliphatic carbocycles. The molecule has 2 aromatic carbocycles. The van der Waals surface area contributed by atoms with Crippen LogP contribution in [0.2, 0.25) is 5.02 Å². The van der Waals surface area contributed by atoms with Crippen molar-refractivity contribution in [3.05, 3.63) is 64.7 Å². The molecule has 0 fully saturated rings. The lowest BCUT2D eigenvalue weighted by molar-refractivity contribution is -0.127. The van der Waals surface area contributed by atoms with E-state index in [2.05, 4.69) is 5.32 Å². The predicted molar refractivity (Wildman–Crippen MR) is 77.9 cm³/mol. The van der Waals surface area contributed by atoms with Crippen LogP contribution < -0.4 is 10.1 Å². The van der Waals surface area contributed by atoms with Crippen LogP contribution in [-0.2, 0) is 17.8 Å². The van der Waals surface area contributed by atoms with Crippen molar-refractivity contribution in [2.24, 2.45) is 0 Å². The molecule has 3 rings (SSSR count). The monoisotopic (exact) mass is 287 g/mol. The number of nitrogens with one attached hydrogen (secondary N) is 1. The lowest BCUT2D eigenvalue weighted by atomic mass is 10.1. The Labute approximate surface area is 122 Å². The minimum atomic E-state index is -0.449. The van der Waals surface area contributed by atoms with Crippen molar-refractivity contribution < 1.29 is 9.53 Å². The van der Waals surface area contributed by atoms with Crippen LogP contribution in [0.4, 0.5) is 0 Å². The zero-order valence-corrected chi connectivity index (χ0v) is 11.6. The van der Waals surface area contributed by atoms with Crippen molar-refractivity contribution in [1.29, 1.82) is 0 Å². The first-order valence-electron chi connectivity index (χ1n) is 6.50. The van der Waals surface area contributed by atoms with E-state index in [4.69, 9.17) is 16.3 Å². The van der Waals surface area contributed by atoms with Crippen LogP contribution in [-0.4, -0.2) is 12.0 Å². The molecular weight excluding hydrogens is 274 g/mol. The van der Waals surface area contributed by atoms with Crippen molar-refractivity contribution in [2.75, 3.05) is 0 Å². The fourth-order valence-electron chi connectivity index (χ4n) is 2.27. The third-order valence-corrected chi connectivity index (χ3v) is 3.72. The first kappa shape index (κ1) is 13.0. The van der Waals surface area contributed by atoms with Crippen molar-refractivity contribution in [2.45, 2.75) is 19.1 Å². The number of amides is 1. The third-order valence-electron chi connectivity index (χ3n) is 3.35. The zero-order chi connectivity index (χ0) is 13.9. The minimum absolute atomic E-state index is 0.110. The summed E-state index contributed by atoms with van der Waals surface area (Å²) in [5.74, 6) is 0.687. The van der Waals surface area contributed by atoms with E-state index in [0.29, 0.717) is 18.0 Å². The Kier molecular flexibility index (Phi) is 3.61. The standard InChI is InChI=1S/C16H14ClNO2/c17-13-7-3-1-6-12(13)10-18-16(19)15-9-11-5-2-4-8-14(11)20-15/h1-8,15H,9-10H2,(H,18,19)/t15-/m1/s1. The van der Waals surface area contributed by atoms with Crippen molar-refractivity contribution in [3.63, 3.8) is 0 Å². The van der Waals surface area contributed by atoms with Gasteiger partial charge in [0.25, 0.3) is 5.91 Å². The summed E-state index contributed by atoms with van der Waals surface area (Å²) < 4.78 is 5.64. The summed E-state index contributed by atoms with van der Waals surface area (Å²) in [6, 6.07) is 15.2. The van der Waals surface area contributed by atoms with Gasteiger partial charge >= 0.3 is 0 Å². The highest BCUT2D eigenvalue weighted by atomic mass is 35.5. The maximum Gasteiger partial charge on any atom is 0.261 e. The minimum Gasteiger partial charge on any atom is -0.480 e. The second-order valence-electron chi connectivity index (χ2n) is 4.73. The highest BCUT2D eigenvalue weighted by molar-refractivity contribution is 6.31. The molecule has 1 aliphatic heterocycles. The van der Waals surface area contributed by atoms with Gasteiger partial charge in [-0.25, -0.2) is 0 Å². The van der Waals surface area contributed by atoms with Gasteiger partial charge in [0.15, 0.2) is 6.10 Å². The number of rotatable bonds is 3. The number of fused-ring (bicyclic) bond motifs is 1. The topological polar surface area (TPSA) is 38.3 Å². The maximum absolute atomic E-state index is 12.1. The predicted octanol–water partition coefficient (Wildman–Crippen LogP) is 2.96. The van der Waals surface area contributed by atoms with Crippen LogP contribution in [0, 0.1) is 0 Å². The quantitative estimate of drug-likeness (QED) is 0.942. The number of para-hydroxylation sites is 1. The van der Waals surface area contributed by atoms with E-state index in [1.54, 1.807) is 0 Å². The molecule has 0 saturated carbocycles. The Morgan fingerprint density at radius 2 is 1.95 bits per heavy atom. The Bertz CT molecular complexity index is 617. The molecule has 1 N–H and O–H groups in total. The second kappa shape index (κ2) is 5.55. The Morgan fingerprint density at radius 3 is 2.75 bits per heavy atom. The van der Waals surface area contributed by atoms with E-state index in [1.807, 2.05) is 48.5 Å². The van der Waals surface area contributed by atoms with Gasteiger partial charge in [0, 0.05) is 18.0 Å². The van der Waals surface area contributed by atoms with Gasteiger partial charge < -0.3 is 10.1 Å². The number of hydrogen-bond acceptors (Lipinski definition) is 2. The molecule has 1 heterocycles. The average molecular weight is 288 g/mol. The highest BCUT2D eigenvalue weighted by Gasteiger charge is 2.28. The van der Waals surface area contributed by atoms with Gasteiger partial charge in [0.05, 0.1) is 0 Å². The molecule has 0 aromatic heterocycles. The van der Waals surface area contributed by atoms with Gasteiger partial charge in [-0.1, -0.05) is 48.0 Å². The Hall–Kier alpha value is -2.00. The molecule has 0 unspecified atom stereocenters. The highest BCUT2D eigenvalue weighted by Crippen LogP contribution is 2.28. The van der Waals surface area contributed by atoms with E-state index >= 15 is 0 Å². The van der Waals surface area contributed by atoms with Gasteiger partial charge in [0.1, 0.15) is 5.75 Å². The first-order valence-corrected chi connectivity index (χ1v) is 6.87. The van der Waals surface area contributed by atoms with Crippen LogP contribution in [0.25, 0.3) is 0 Å². The SMILES string of the molecule is O=C(NCc1ccccc1Cl)[C@H]1Cc2ccccc2O1. The van der Waals surface area contributed by atoms with Crippen molar-refractivity contribution >= 4 is 17.5 Å². The lowest BCUT2D eigenvalue weighted by Gasteiger charge is -2.12. The molecule has 1 amide bonds. The van der Waals surface area contributed by atoms with E-state index in [-0.39, 0.29) is 5.91 Å². The molecule has 0 bridgehead atoms. The molecule has 1 atom stereocenters. The Balaban J connectivity index is 1.61. The zero-order valence-electron chi connectivity index (χ0n) is 10.8. The summed E-state index contributed by atoms with van der Waals surface area (Å²) in [5, 5.41) is 3.52. The van der Waals surface area contributed by atoms with E-state index < -0.39 is 6.10 Å². The summed E-state index contributed by atoms with van der Waals surface area (Å²) >= 11 is 6.06. The molecular formula is C16H14ClNO2. The number of hydrogen-bond donors (Lipinski definition) is 1. The fraction of sp³-hybridized carbons (Fsp3) is 0.188. The van der Waals surface area contributed by atoms with E-state index in [1.165, 1.54) is 0 Å².